The molecular formula is C9H3BrF2N2. The molecule has 1 aromatic rings. The van der Waals surface area contributed by atoms with Gasteiger partial charge in [-0.3, -0.25) is 0 Å². The zero-order valence-corrected chi connectivity index (χ0v) is 8.35. The molecule has 0 aliphatic rings. The van der Waals surface area contributed by atoms with Crippen molar-refractivity contribution in [1.82, 2.24) is 0 Å². The Bertz CT molecular complexity index is 408. The van der Waals surface area contributed by atoms with Crippen molar-refractivity contribution in [2.24, 2.45) is 0 Å². The van der Waals surface area contributed by atoms with Gasteiger partial charge in [-0.2, -0.15) is 10.5 Å². The van der Waals surface area contributed by atoms with Crippen LogP contribution in [0.1, 0.15) is 11.5 Å². The summed E-state index contributed by atoms with van der Waals surface area (Å²) >= 11 is 2.69. The molecule has 70 valence electrons. The van der Waals surface area contributed by atoms with Gasteiger partial charge in [-0.15, -0.1) is 0 Å². The Morgan fingerprint density at radius 1 is 1.14 bits per heavy atom. The molecular weight excluding hydrogens is 254 g/mol. The molecule has 0 aliphatic carbocycles. The van der Waals surface area contributed by atoms with Crippen LogP contribution in [-0.4, -0.2) is 0 Å². The Kier molecular flexibility index (Phi) is 3.16. The minimum atomic E-state index is -1.15. The third kappa shape index (κ3) is 1.89. The average molecular weight is 257 g/mol. The molecule has 0 bridgehead atoms. The number of nitrogens with zero attached hydrogens (tertiary/aromatic N) is 2. The fourth-order valence-electron chi connectivity index (χ4n) is 0.920. The molecule has 0 heterocycles. The van der Waals surface area contributed by atoms with E-state index in [0.717, 1.165) is 12.1 Å². The molecule has 0 N–H and O–H groups in total. The molecule has 1 aromatic carbocycles. The SMILES string of the molecule is N#CC(C#N)c1cc(F)c(Br)c(F)c1. The molecule has 0 spiro atoms. The van der Waals surface area contributed by atoms with Crippen LogP contribution in [0.3, 0.4) is 0 Å². The largest absolute Gasteiger partial charge is 0.206 e. The van der Waals surface area contributed by atoms with E-state index >= 15 is 0 Å². The molecule has 2 nitrogen and oxygen atoms in total. The highest BCUT2D eigenvalue weighted by Crippen LogP contribution is 2.24. The molecule has 0 amide bonds. The van der Waals surface area contributed by atoms with Crippen LogP contribution >= 0.6 is 15.9 Å². The maximum atomic E-state index is 13.0. The number of halogens is 3. The molecule has 0 aromatic heterocycles. The van der Waals surface area contributed by atoms with Gasteiger partial charge in [-0.25, -0.2) is 8.78 Å². The van der Waals surface area contributed by atoms with Crippen molar-refractivity contribution in [3.05, 3.63) is 33.8 Å². The monoisotopic (exact) mass is 256 g/mol. The summed E-state index contributed by atoms with van der Waals surface area (Å²) in [6.45, 7) is 0. The predicted molar refractivity (Wildman–Crippen MR) is 48.0 cm³/mol. The number of nitriles is 2. The first-order valence-electron chi connectivity index (χ1n) is 3.53. The number of rotatable bonds is 1. The van der Waals surface area contributed by atoms with Crippen molar-refractivity contribution in [2.75, 3.05) is 0 Å². The lowest BCUT2D eigenvalue weighted by molar-refractivity contribution is 0.568. The van der Waals surface area contributed by atoms with E-state index in [1.807, 2.05) is 0 Å². The van der Waals surface area contributed by atoms with Crippen molar-refractivity contribution in [2.45, 2.75) is 5.92 Å². The molecule has 0 fully saturated rings. The fourth-order valence-corrected chi connectivity index (χ4v) is 1.15. The zero-order valence-electron chi connectivity index (χ0n) is 6.76. The van der Waals surface area contributed by atoms with Crippen molar-refractivity contribution in [3.63, 3.8) is 0 Å². The normalized spacial score (nSPS) is 9.57. The number of hydrogen-bond donors (Lipinski definition) is 0. The average Bonchev–Trinajstić information content (AvgIpc) is 2.16. The van der Waals surface area contributed by atoms with Gasteiger partial charge >= 0.3 is 0 Å². The maximum Gasteiger partial charge on any atom is 0.158 e. The van der Waals surface area contributed by atoms with Gasteiger partial charge < -0.3 is 0 Å². The Morgan fingerprint density at radius 3 is 1.93 bits per heavy atom. The topological polar surface area (TPSA) is 47.6 Å². The second-order valence-corrected chi connectivity index (χ2v) is 3.28. The Morgan fingerprint density at radius 2 is 1.57 bits per heavy atom. The summed E-state index contributed by atoms with van der Waals surface area (Å²) in [5.41, 5.74) is 0.0215. The van der Waals surface area contributed by atoms with E-state index in [1.165, 1.54) is 0 Å². The van der Waals surface area contributed by atoms with E-state index in [0.29, 0.717) is 0 Å². The van der Waals surface area contributed by atoms with E-state index in [4.69, 9.17) is 10.5 Å². The molecule has 0 aliphatic heterocycles. The molecule has 14 heavy (non-hydrogen) atoms. The first-order valence-corrected chi connectivity index (χ1v) is 4.33. The highest BCUT2D eigenvalue weighted by Gasteiger charge is 2.14. The standard InChI is InChI=1S/C9H3BrF2N2/c10-9-7(11)1-5(2-8(9)12)6(3-13)4-14/h1-2,6H. The number of benzene rings is 1. The Balaban J connectivity index is 3.28. The first kappa shape index (κ1) is 10.6. The molecule has 5 heteroatoms. The van der Waals surface area contributed by atoms with Gasteiger partial charge in [0.25, 0.3) is 0 Å². The first-order chi connectivity index (χ1) is 6.60. The van der Waals surface area contributed by atoms with Crippen LogP contribution in [0.2, 0.25) is 0 Å². The molecule has 0 saturated carbocycles. The van der Waals surface area contributed by atoms with Crippen LogP contribution in [0, 0.1) is 34.3 Å². The summed E-state index contributed by atoms with van der Waals surface area (Å²) in [5, 5.41) is 17.0. The van der Waals surface area contributed by atoms with Gasteiger partial charge in [0, 0.05) is 0 Å². The summed E-state index contributed by atoms with van der Waals surface area (Å²) in [7, 11) is 0. The lowest BCUT2D eigenvalue weighted by Gasteiger charge is -2.03. The van der Waals surface area contributed by atoms with E-state index < -0.39 is 17.6 Å². The molecule has 0 radical (unpaired) electrons. The van der Waals surface area contributed by atoms with E-state index in [9.17, 15) is 8.78 Å². The van der Waals surface area contributed by atoms with E-state index in [-0.39, 0.29) is 10.0 Å². The minimum absolute atomic E-state index is 0.0215. The van der Waals surface area contributed by atoms with Gasteiger partial charge in [-0.05, 0) is 33.6 Å². The molecule has 0 atom stereocenters. The predicted octanol–water partition coefficient (Wildman–Crippen LogP) is 2.86. The lowest BCUT2D eigenvalue weighted by Crippen LogP contribution is -1.95. The highest BCUT2D eigenvalue weighted by atomic mass is 79.9. The minimum Gasteiger partial charge on any atom is -0.206 e. The molecule has 1 rings (SSSR count). The van der Waals surface area contributed by atoms with Crippen LogP contribution < -0.4 is 0 Å². The zero-order chi connectivity index (χ0) is 10.7. The Hall–Kier alpha value is -1.46. The van der Waals surface area contributed by atoms with Gasteiger partial charge in [0.15, 0.2) is 5.92 Å². The highest BCUT2D eigenvalue weighted by molar-refractivity contribution is 9.10. The van der Waals surface area contributed by atoms with Gasteiger partial charge in [0.05, 0.1) is 16.6 Å². The quantitative estimate of drug-likeness (QED) is 0.726. The number of hydrogen-bond acceptors (Lipinski definition) is 2. The summed E-state index contributed by atoms with van der Waals surface area (Å²) in [6.07, 6.45) is 0. The second kappa shape index (κ2) is 4.17. The summed E-state index contributed by atoms with van der Waals surface area (Å²) in [4.78, 5) is 0. The Labute approximate surface area is 87.5 Å². The fraction of sp³-hybridized carbons (Fsp3) is 0.111. The van der Waals surface area contributed by atoms with E-state index in [2.05, 4.69) is 15.9 Å². The summed E-state index contributed by atoms with van der Waals surface area (Å²) < 4.78 is 25.6. The smallest absolute Gasteiger partial charge is 0.158 e. The second-order valence-electron chi connectivity index (χ2n) is 2.49. The van der Waals surface area contributed by atoms with Crippen molar-refractivity contribution < 1.29 is 8.78 Å². The summed E-state index contributed by atoms with van der Waals surface area (Å²) in [6, 6.07) is 5.19. The third-order valence-electron chi connectivity index (χ3n) is 1.60. The van der Waals surface area contributed by atoms with Gasteiger partial charge in [-0.1, -0.05) is 0 Å². The summed E-state index contributed by atoms with van der Waals surface area (Å²) in [5.74, 6) is -2.79. The van der Waals surface area contributed by atoms with Crippen molar-refractivity contribution >= 4 is 15.9 Å². The third-order valence-corrected chi connectivity index (χ3v) is 2.36. The van der Waals surface area contributed by atoms with Crippen LogP contribution in [-0.2, 0) is 0 Å². The van der Waals surface area contributed by atoms with Crippen LogP contribution in [0.5, 0.6) is 0 Å². The van der Waals surface area contributed by atoms with Crippen molar-refractivity contribution in [1.29, 1.82) is 10.5 Å². The van der Waals surface area contributed by atoms with Gasteiger partial charge in [0.2, 0.25) is 0 Å². The lowest BCUT2D eigenvalue weighted by atomic mass is 10.0. The van der Waals surface area contributed by atoms with E-state index in [1.54, 1.807) is 12.1 Å². The maximum absolute atomic E-state index is 13.0. The van der Waals surface area contributed by atoms with Crippen LogP contribution in [0.15, 0.2) is 16.6 Å². The van der Waals surface area contributed by atoms with Gasteiger partial charge in [0.1, 0.15) is 11.6 Å². The van der Waals surface area contributed by atoms with Crippen LogP contribution in [0.4, 0.5) is 8.78 Å². The van der Waals surface area contributed by atoms with Crippen LogP contribution in [0.25, 0.3) is 0 Å². The molecule has 0 saturated heterocycles. The molecule has 0 unspecified atom stereocenters. The van der Waals surface area contributed by atoms with Crippen molar-refractivity contribution in [3.8, 4) is 12.1 Å².